The summed E-state index contributed by atoms with van der Waals surface area (Å²) >= 11 is 0. The quantitative estimate of drug-likeness (QED) is 0.477. The van der Waals surface area contributed by atoms with Gasteiger partial charge >= 0.3 is 0 Å². The van der Waals surface area contributed by atoms with Crippen LogP contribution in [0.2, 0.25) is 0 Å². The van der Waals surface area contributed by atoms with Crippen molar-refractivity contribution in [3.8, 4) is 5.75 Å². The Hall–Kier alpha value is -3.87. The molecular weight excluding hydrogens is 428 g/mol. The molecule has 0 aliphatic heterocycles. The molecule has 174 valence electrons. The van der Waals surface area contributed by atoms with E-state index in [1.165, 1.54) is 0 Å². The molecular formula is C27H28N4O3. The molecule has 0 saturated heterocycles. The van der Waals surface area contributed by atoms with Gasteiger partial charge in [-0.1, -0.05) is 24.3 Å². The van der Waals surface area contributed by atoms with E-state index in [0.717, 1.165) is 53.8 Å². The minimum Gasteiger partial charge on any atom is -0.497 e. The van der Waals surface area contributed by atoms with E-state index in [4.69, 9.17) is 4.74 Å². The van der Waals surface area contributed by atoms with Crippen LogP contribution in [-0.2, 0) is 19.4 Å². The summed E-state index contributed by atoms with van der Waals surface area (Å²) in [5, 5.41) is 7.63. The van der Waals surface area contributed by atoms with Crippen LogP contribution in [0.5, 0.6) is 5.75 Å². The summed E-state index contributed by atoms with van der Waals surface area (Å²) in [6.45, 7) is 2.39. The summed E-state index contributed by atoms with van der Waals surface area (Å²) in [6, 6.07) is 14.9. The highest BCUT2D eigenvalue weighted by molar-refractivity contribution is 5.94. The molecule has 1 aliphatic carbocycles. The Morgan fingerprint density at radius 3 is 2.53 bits per heavy atom. The molecule has 0 fully saturated rings. The fourth-order valence-corrected chi connectivity index (χ4v) is 4.59. The summed E-state index contributed by atoms with van der Waals surface area (Å²) in [4.78, 5) is 25.9. The van der Waals surface area contributed by atoms with Crippen LogP contribution >= 0.6 is 0 Å². The molecule has 1 amide bonds. The fraction of sp³-hybridized carbons (Fsp3) is 0.296. The lowest BCUT2D eigenvalue weighted by atomic mass is 9.97. The normalized spacial score (nSPS) is 13.9. The fourth-order valence-electron chi connectivity index (χ4n) is 4.59. The highest BCUT2D eigenvalue weighted by Crippen LogP contribution is 2.23. The van der Waals surface area contributed by atoms with E-state index in [0.29, 0.717) is 17.6 Å². The largest absolute Gasteiger partial charge is 0.497 e. The molecule has 1 N–H and O–H groups in total. The summed E-state index contributed by atoms with van der Waals surface area (Å²) in [5.41, 5.74) is 5.37. The van der Waals surface area contributed by atoms with Gasteiger partial charge in [0, 0.05) is 23.5 Å². The predicted molar refractivity (Wildman–Crippen MR) is 131 cm³/mol. The van der Waals surface area contributed by atoms with Gasteiger partial charge in [-0.3, -0.25) is 9.59 Å². The van der Waals surface area contributed by atoms with Crippen LogP contribution in [0.25, 0.3) is 5.52 Å². The number of aromatic nitrogens is 3. The van der Waals surface area contributed by atoms with Crippen LogP contribution < -0.4 is 15.6 Å². The molecule has 2 aromatic heterocycles. The first-order chi connectivity index (χ1) is 16.5. The number of aryl methyl sites for hydroxylation is 2. The zero-order valence-electron chi connectivity index (χ0n) is 19.5. The highest BCUT2D eigenvalue weighted by Gasteiger charge is 2.19. The van der Waals surface area contributed by atoms with Crippen molar-refractivity contribution >= 4 is 11.4 Å². The molecule has 0 bridgehead atoms. The van der Waals surface area contributed by atoms with Gasteiger partial charge < -0.3 is 14.6 Å². The number of fused-ring (bicyclic) bond motifs is 3. The first-order valence-corrected chi connectivity index (χ1v) is 11.7. The Morgan fingerprint density at radius 2 is 1.79 bits per heavy atom. The molecule has 2 heterocycles. The summed E-state index contributed by atoms with van der Waals surface area (Å²) in [6.07, 6.45) is 7.73. The smallest absolute Gasteiger partial charge is 0.277 e. The van der Waals surface area contributed by atoms with Gasteiger partial charge in [-0.05, 0) is 68.0 Å². The Balaban J connectivity index is 1.29. The van der Waals surface area contributed by atoms with Crippen molar-refractivity contribution in [2.45, 2.75) is 45.2 Å². The van der Waals surface area contributed by atoms with Crippen molar-refractivity contribution in [2.75, 3.05) is 7.11 Å². The molecule has 2 aromatic carbocycles. The lowest BCUT2D eigenvalue weighted by molar-refractivity contribution is 0.0940. The lowest BCUT2D eigenvalue weighted by Crippen LogP contribution is -2.26. The molecule has 0 radical (unpaired) electrons. The topological polar surface area (TPSA) is 77.6 Å². The molecule has 34 heavy (non-hydrogen) atoms. The number of rotatable bonds is 6. The maximum Gasteiger partial charge on any atom is 0.277 e. The van der Waals surface area contributed by atoms with E-state index in [1.807, 2.05) is 49.5 Å². The Kier molecular flexibility index (Phi) is 5.92. The SMILES string of the molecule is COc1ccc([C@H](C)NC(=O)c2ccc(Cn3ccn4nc5c(c4c3=O)CCCC5)cc2)cc1. The Labute approximate surface area is 198 Å². The first kappa shape index (κ1) is 21.9. The van der Waals surface area contributed by atoms with Crippen molar-refractivity contribution in [2.24, 2.45) is 0 Å². The minimum atomic E-state index is -0.139. The van der Waals surface area contributed by atoms with Crippen LogP contribution in [0.1, 0.15) is 58.5 Å². The number of hydrogen-bond donors (Lipinski definition) is 1. The molecule has 7 heteroatoms. The molecule has 0 spiro atoms. The van der Waals surface area contributed by atoms with Gasteiger partial charge in [0.2, 0.25) is 0 Å². The average molecular weight is 457 g/mol. The lowest BCUT2D eigenvalue weighted by Gasteiger charge is -2.15. The second kappa shape index (κ2) is 9.17. The number of amides is 1. The van der Waals surface area contributed by atoms with Gasteiger partial charge in [-0.2, -0.15) is 5.10 Å². The monoisotopic (exact) mass is 456 g/mol. The Bertz CT molecular complexity index is 1380. The maximum absolute atomic E-state index is 13.2. The van der Waals surface area contributed by atoms with Gasteiger partial charge in [-0.15, -0.1) is 0 Å². The molecule has 1 aliphatic rings. The van der Waals surface area contributed by atoms with Crippen LogP contribution in [0.15, 0.2) is 65.7 Å². The third kappa shape index (κ3) is 4.21. The van der Waals surface area contributed by atoms with Crippen LogP contribution in [0.4, 0.5) is 0 Å². The third-order valence-electron chi connectivity index (χ3n) is 6.57. The summed E-state index contributed by atoms with van der Waals surface area (Å²) in [5.74, 6) is 0.642. The number of ether oxygens (including phenoxy) is 1. The minimum absolute atomic E-state index is 0.0201. The van der Waals surface area contributed by atoms with Crippen molar-refractivity contribution in [1.82, 2.24) is 19.5 Å². The van der Waals surface area contributed by atoms with Crippen LogP contribution in [0.3, 0.4) is 0 Å². The van der Waals surface area contributed by atoms with Crippen molar-refractivity contribution in [3.63, 3.8) is 0 Å². The van der Waals surface area contributed by atoms with E-state index in [-0.39, 0.29) is 17.5 Å². The highest BCUT2D eigenvalue weighted by atomic mass is 16.5. The van der Waals surface area contributed by atoms with Crippen LogP contribution in [-0.4, -0.2) is 27.2 Å². The number of nitrogens with one attached hydrogen (secondary N) is 1. The second-order valence-corrected chi connectivity index (χ2v) is 8.82. The molecule has 7 nitrogen and oxygen atoms in total. The zero-order chi connectivity index (χ0) is 23.7. The first-order valence-electron chi connectivity index (χ1n) is 11.7. The second-order valence-electron chi connectivity index (χ2n) is 8.82. The molecule has 0 saturated carbocycles. The zero-order valence-corrected chi connectivity index (χ0v) is 19.5. The standard InChI is InChI=1S/C27H28N4O3/c1-18(20-11-13-22(34-2)14-12-20)28-26(32)21-9-7-19(8-10-21)17-30-15-16-31-25(27(30)33)23-5-3-4-6-24(23)29-31/h7-16,18H,3-6,17H2,1-2H3,(H,28,32)/t18-/m0/s1. The predicted octanol–water partition coefficient (Wildman–Crippen LogP) is 3.92. The van der Waals surface area contributed by atoms with Crippen molar-refractivity contribution in [1.29, 1.82) is 0 Å². The van der Waals surface area contributed by atoms with Gasteiger partial charge in [0.1, 0.15) is 11.3 Å². The number of carbonyl (C=O) groups excluding carboxylic acids is 1. The molecule has 4 aromatic rings. The van der Waals surface area contributed by atoms with Gasteiger partial charge in [0.15, 0.2) is 0 Å². The molecule has 0 unspecified atom stereocenters. The van der Waals surface area contributed by atoms with Crippen molar-refractivity contribution in [3.05, 3.63) is 99.2 Å². The number of hydrogen-bond acceptors (Lipinski definition) is 4. The van der Waals surface area contributed by atoms with E-state index in [1.54, 1.807) is 34.5 Å². The van der Waals surface area contributed by atoms with E-state index in [2.05, 4.69) is 10.4 Å². The van der Waals surface area contributed by atoms with E-state index in [9.17, 15) is 9.59 Å². The average Bonchev–Trinajstić information content (AvgIpc) is 3.25. The number of benzene rings is 2. The molecule has 1 atom stereocenters. The maximum atomic E-state index is 13.2. The number of carbonyl (C=O) groups is 1. The summed E-state index contributed by atoms with van der Waals surface area (Å²) in [7, 11) is 1.63. The summed E-state index contributed by atoms with van der Waals surface area (Å²) < 4.78 is 8.63. The molecule has 5 rings (SSSR count). The van der Waals surface area contributed by atoms with Gasteiger partial charge in [0.25, 0.3) is 11.5 Å². The van der Waals surface area contributed by atoms with Crippen molar-refractivity contribution < 1.29 is 9.53 Å². The van der Waals surface area contributed by atoms with E-state index >= 15 is 0 Å². The third-order valence-corrected chi connectivity index (χ3v) is 6.57. The Morgan fingerprint density at radius 1 is 1.06 bits per heavy atom. The number of nitrogens with zero attached hydrogens (tertiary/aromatic N) is 3. The van der Waals surface area contributed by atoms with Gasteiger partial charge in [-0.25, -0.2) is 4.52 Å². The van der Waals surface area contributed by atoms with Gasteiger partial charge in [0.05, 0.1) is 25.4 Å². The number of methoxy groups -OCH3 is 1. The van der Waals surface area contributed by atoms with E-state index < -0.39 is 0 Å². The van der Waals surface area contributed by atoms with Crippen LogP contribution in [0, 0.1) is 0 Å².